The number of nitrogens with zero attached hydrogens (tertiary/aromatic N) is 1. The predicted molar refractivity (Wildman–Crippen MR) is 81.8 cm³/mol. The molecule has 3 rings (SSSR count). The average Bonchev–Trinajstić information content (AvgIpc) is 2.56. The van der Waals surface area contributed by atoms with Crippen LogP contribution in [0, 0.1) is 0 Å². The molecule has 1 aromatic carbocycles. The minimum absolute atomic E-state index is 0.0564. The van der Waals surface area contributed by atoms with Crippen LogP contribution in [-0.4, -0.2) is 56.4 Å². The molecule has 22 heavy (non-hydrogen) atoms. The smallest absolute Gasteiger partial charge is 0.254 e. The summed E-state index contributed by atoms with van der Waals surface area (Å²) in [7, 11) is 1.64. The van der Waals surface area contributed by atoms with Crippen molar-refractivity contribution < 1.29 is 19.0 Å². The largest absolute Gasteiger partial charge is 0.380 e. The van der Waals surface area contributed by atoms with E-state index < -0.39 is 0 Å². The van der Waals surface area contributed by atoms with E-state index in [0.717, 1.165) is 30.6 Å². The van der Waals surface area contributed by atoms with E-state index in [-0.39, 0.29) is 11.5 Å². The summed E-state index contributed by atoms with van der Waals surface area (Å²) in [4.78, 5) is 14.8. The van der Waals surface area contributed by atoms with Gasteiger partial charge in [-0.2, -0.15) is 0 Å². The molecule has 0 bridgehead atoms. The molecule has 1 spiro atoms. The van der Waals surface area contributed by atoms with Gasteiger partial charge in [0.05, 0.1) is 26.4 Å². The fourth-order valence-corrected chi connectivity index (χ4v) is 3.26. The Morgan fingerprint density at radius 1 is 1.36 bits per heavy atom. The van der Waals surface area contributed by atoms with E-state index in [9.17, 15) is 4.79 Å². The molecule has 2 fully saturated rings. The lowest BCUT2D eigenvalue weighted by molar-refractivity contribution is -0.160. The first-order chi connectivity index (χ1) is 10.7. The second kappa shape index (κ2) is 6.77. The number of morpholine rings is 1. The van der Waals surface area contributed by atoms with E-state index in [1.165, 1.54) is 0 Å². The highest BCUT2D eigenvalue weighted by Crippen LogP contribution is 2.28. The lowest BCUT2D eigenvalue weighted by Gasteiger charge is -2.44. The SMILES string of the molecule is COCc1ccccc1C(=O)N1CCOC2(CCCOC2)C1. The molecule has 2 aliphatic heterocycles. The van der Waals surface area contributed by atoms with Gasteiger partial charge in [-0.15, -0.1) is 0 Å². The molecule has 1 atom stereocenters. The Balaban J connectivity index is 1.77. The van der Waals surface area contributed by atoms with Crippen LogP contribution in [0.1, 0.15) is 28.8 Å². The lowest BCUT2D eigenvalue weighted by Crippen LogP contribution is -2.57. The van der Waals surface area contributed by atoms with Gasteiger partial charge in [0, 0.05) is 25.8 Å². The van der Waals surface area contributed by atoms with Crippen LogP contribution in [0.3, 0.4) is 0 Å². The molecular formula is C17H23NO4. The van der Waals surface area contributed by atoms with Crippen LogP contribution in [0.5, 0.6) is 0 Å². The monoisotopic (exact) mass is 305 g/mol. The summed E-state index contributed by atoms with van der Waals surface area (Å²) in [5.74, 6) is 0.0564. The maximum atomic E-state index is 12.9. The Kier molecular flexibility index (Phi) is 4.76. The first-order valence-electron chi connectivity index (χ1n) is 7.82. The molecule has 0 N–H and O–H groups in total. The molecule has 1 aromatic rings. The summed E-state index contributed by atoms with van der Waals surface area (Å²) in [5, 5.41) is 0. The second-order valence-electron chi connectivity index (χ2n) is 6.00. The van der Waals surface area contributed by atoms with Gasteiger partial charge in [-0.25, -0.2) is 0 Å². The summed E-state index contributed by atoms with van der Waals surface area (Å²) in [6.45, 7) is 3.61. The number of hydrogen-bond donors (Lipinski definition) is 0. The molecule has 5 heteroatoms. The Morgan fingerprint density at radius 2 is 2.23 bits per heavy atom. The number of amides is 1. The summed E-state index contributed by atoms with van der Waals surface area (Å²) in [6, 6.07) is 7.64. The van der Waals surface area contributed by atoms with Crippen molar-refractivity contribution in [2.75, 3.05) is 40.0 Å². The summed E-state index contributed by atoms with van der Waals surface area (Å²) >= 11 is 0. The molecular weight excluding hydrogens is 282 g/mol. The number of methoxy groups -OCH3 is 1. The summed E-state index contributed by atoms with van der Waals surface area (Å²) in [6.07, 6.45) is 1.94. The maximum Gasteiger partial charge on any atom is 0.254 e. The van der Waals surface area contributed by atoms with E-state index in [1.54, 1.807) is 7.11 Å². The van der Waals surface area contributed by atoms with Crippen LogP contribution in [0.25, 0.3) is 0 Å². The molecule has 0 radical (unpaired) electrons. The molecule has 5 nitrogen and oxygen atoms in total. The van der Waals surface area contributed by atoms with Gasteiger partial charge in [-0.05, 0) is 24.5 Å². The number of carbonyl (C=O) groups excluding carboxylic acids is 1. The van der Waals surface area contributed by atoms with Gasteiger partial charge >= 0.3 is 0 Å². The topological polar surface area (TPSA) is 48.0 Å². The third kappa shape index (κ3) is 3.16. The van der Waals surface area contributed by atoms with Gasteiger partial charge in [0.1, 0.15) is 5.60 Å². The molecule has 2 aliphatic rings. The van der Waals surface area contributed by atoms with Crippen LogP contribution in [0.4, 0.5) is 0 Å². The molecule has 0 aliphatic carbocycles. The highest BCUT2D eigenvalue weighted by molar-refractivity contribution is 5.95. The molecule has 0 aromatic heterocycles. The van der Waals surface area contributed by atoms with Crippen molar-refractivity contribution in [1.82, 2.24) is 4.90 Å². The number of rotatable bonds is 3. The summed E-state index contributed by atoms with van der Waals surface area (Å²) < 4.78 is 16.7. The number of benzene rings is 1. The first-order valence-corrected chi connectivity index (χ1v) is 7.82. The first kappa shape index (κ1) is 15.5. The van der Waals surface area contributed by atoms with Gasteiger partial charge in [0.25, 0.3) is 5.91 Å². The number of carbonyl (C=O) groups is 1. The van der Waals surface area contributed by atoms with E-state index in [1.807, 2.05) is 29.2 Å². The van der Waals surface area contributed by atoms with Crippen molar-refractivity contribution >= 4 is 5.91 Å². The second-order valence-corrected chi connectivity index (χ2v) is 6.00. The highest BCUT2D eigenvalue weighted by atomic mass is 16.5. The van der Waals surface area contributed by atoms with Crippen LogP contribution in [0.15, 0.2) is 24.3 Å². The normalized spacial score (nSPS) is 25.4. The zero-order valence-corrected chi connectivity index (χ0v) is 13.0. The molecule has 1 unspecified atom stereocenters. The number of ether oxygens (including phenoxy) is 3. The van der Waals surface area contributed by atoms with Crippen molar-refractivity contribution in [2.24, 2.45) is 0 Å². The number of hydrogen-bond acceptors (Lipinski definition) is 4. The van der Waals surface area contributed by atoms with Crippen molar-refractivity contribution in [1.29, 1.82) is 0 Å². The minimum atomic E-state index is -0.317. The maximum absolute atomic E-state index is 12.9. The highest BCUT2D eigenvalue weighted by Gasteiger charge is 2.40. The quantitative estimate of drug-likeness (QED) is 0.855. The van der Waals surface area contributed by atoms with E-state index >= 15 is 0 Å². The van der Waals surface area contributed by atoms with Gasteiger partial charge in [-0.1, -0.05) is 18.2 Å². The van der Waals surface area contributed by atoms with Crippen molar-refractivity contribution in [3.63, 3.8) is 0 Å². The fraction of sp³-hybridized carbons (Fsp3) is 0.588. The van der Waals surface area contributed by atoms with Gasteiger partial charge in [0.2, 0.25) is 0 Å². The van der Waals surface area contributed by atoms with Gasteiger partial charge in [0.15, 0.2) is 0 Å². The Morgan fingerprint density at radius 3 is 3.00 bits per heavy atom. The average molecular weight is 305 g/mol. The van der Waals surface area contributed by atoms with E-state index in [0.29, 0.717) is 32.9 Å². The fourth-order valence-electron chi connectivity index (χ4n) is 3.26. The van der Waals surface area contributed by atoms with Crippen LogP contribution < -0.4 is 0 Å². The molecule has 0 saturated carbocycles. The molecule has 2 saturated heterocycles. The van der Waals surface area contributed by atoms with E-state index in [2.05, 4.69) is 0 Å². The van der Waals surface area contributed by atoms with Crippen LogP contribution in [-0.2, 0) is 20.8 Å². The summed E-state index contributed by atoms with van der Waals surface area (Å²) in [5.41, 5.74) is 1.33. The van der Waals surface area contributed by atoms with E-state index in [4.69, 9.17) is 14.2 Å². The van der Waals surface area contributed by atoms with Crippen molar-refractivity contribution in [2.45, 2.75) is 25.0 Å². The van der Waals surface area contributed by atoms with Crippen LogP contribution >= 0.6 is 0 Å². The minimum Gasteiger partial charge on any atom is -0.380 e. The lowest BCUT2D eigenvalue weighted by atomic mass is 9.93. The Labute approximate surface area is 131 Å². The zero-order chi connectivity index (χ0) is 15.4. The van der Waals surface area contributed by atoms with Crippen molar-refractivity contribution in [3.05, 3.63) is 35.4 Å². The van der Waals surface area contributed by atoms with Gasteiger partial charge in [-0.3, -0.25) is 4.79 Å². The standard InChI is InChI=1S/C17H23NO4/c1-20-11-14-5-2-3-6-15(14)16(19)18-8-10-22-17(12-18)7-4-9-21-13-17/h2-3,5-6H,4,7-13H2,1H3. The molecule has 120 valence electrons. The molecule has 1 amide bonds. The molecule has 2 heterocycles. The predicted octanol–water partition coefficient (Wildman–Crippen LogP) is 1.85. The zero-order valence-electron chi connectivity index (χ0n) is 13.0. The third-order valence-electron chi connectivity index (χ3n) is 4.37. The van der Waals surface area contributed by atoms with Crippen LogP contribution in [0.2, 0.25) is 0 Å². The van der Waals surface area contributed by atoms with Crippen molar-refractivity contribution in [3.8, 4) is 0 Å². The third-order valence-corrected chi connectivity index (χ3v) is 4.37. The Bertz CT molecular complexity index is 520. The Hall–Kier alpha value is -1.43. The van der Waals surface area contributed by atoms with Gasteiger partial charge < -0.3 is 19.1 Å².